The Labute approximate surface area is 116 Å². The zero-order chi connectivity index (χ0) is 13.9. The van der Waals surface area contributed by atoms with E-state index in [-0.39, 0.29) is 6.03 Å². The lowest BCUT2D eigenvalue weighted by Gasteiger charge is -2.09. The van der Waals surface area contributed by atoms with E-state index in [4.69, 9.17) is 0 Å². The lowest BCUT2D eigenvalue weighted by Crippen LogP contribution is -2.24. The molecule has 20 heavy (non-hydrogen) atoms. The third-order valence-electron chi connectivity index (χ3n) is 3.07. The van der Waals surface area contributed by atoms with Crippen molar-refractivity contribution in [2.45, 2.75) is 0 Å². The predicted molar refractivity (Wildman–Crippen MR) is 78.7 cm³/mol. The summed E-state index contributed by atoms with van der Waals surface area (Å²) in [6.45, 7) is 0. The van der Waals surface area contributed by atoms with Gasteiger partial charge >= 0.3 is 6.03 Å². The average Bonchev–Trinajstić information content (AvgIpc) is 2.96. The largest absolute Gasteiger partial charge is 0.341 e. The smallest absolute Gasteiger partial charge is 0.319 e. The molecule has 5 heteroatoms. The van der Waals surface area contributed by atoms with E-state index in [1.807, 2.05) is 53.2 Å². The fourth-order valence-electron chi connectivity index (χ4n) is 2.10. The maximum atomic E-state index is 11.5. The van der Waals surface area contributed by atoms with Gasteiger partial charge in [0.05, 0.1) is 5.69 Å². The zero-order valence-electron chi connectivity index (χ0n) is 11.0. The van der Waals surface area contributed by atoms with Gasteiger partial charge in [-0.15, -0.1) is 0 Å². The Kier molecular flexibility index (Phi) is 3.09. The number of pyridine rings is 1. The summed E-state index contributed by atoms with van der Waals surface area (Å²) in [7, 11) is 1.58. The third kappa shape index (κ3) is 2.21. The van der Waals surface area contributed by atoms with Crippen LogP contribution in [0.2, 0.25) is 0 Å². The number of aromatic nitrogens is 2. The van der Waals surface area contributed by atoms with Crippen LogP contribution in [0.15, 0.2) is 55.0 Å². The first-order valence-corrected chi connectivity index (χ1v) is 6.29. The number of fused-ring (bicyclic) bond motifs is 1. The van der Waals surface area contributed by atoms with Gasteiger partial charge in [-0.05, 0) is 11.6 Å². The summed E-state index contributed by atoms with van der Waals surface area (Å²) < 4.78 is 1.90. The summed E-state index contributed by atoms with van der Waals surface area (Å²) >= 11 is 0. The van der Waals surface area contributed by atoms with Gasteiger partial charge in [0.15, 0.2) is 5.65 Å². The highest BCUT2D eigenvalue weighted by Crippen LogP contribution is 2.25. The van der Waals surface area contributed by atoms with Crippen molar-refractivity contribution in [1.29, 1.82) is 0 Å². The van der Waals surface area contributed by atoms with Gasteiger partial charge in [0, 0.05) is 31.2 Å². The molecule has 100 valence electrons. The molecule has 0 fully saturated rings. The second kappa shape index (κ2) is 5.05. The van der Waals surface area contributed by atoms with Crippen molar-refractivity contribution in [2.24, 2.45) is 0 Å². The van der Waals surface area contributed by atoms with Crippen molar-refractivity contribution < 1.29 is 4.79 Å². The number of carbonyl (C=O) groups is 1. The second-order valence-corrected chi connectivity index (χ2v) is 4.37. The molecule has 1 aromatic carbocycles. The molecule has 0 unspecified atom stereocenters. The van der Waals surface area contributed by atoms with Gasteiger partial charge in [-0.1, -0.05) is 30.3 Å². The summed E-state index contributed by atoms with van der Waals surface area (Å²) in [6.07, 6.45) is 5.56. The van der Waals surface area contributed by atoms with E-state index in [2.05, 4.69) is 15.6 Å². The molecule has 0 spiro atoms. The minimum atomic E-state index is -0.264. The fourth-order valence-corrected chi connectivity index (χ4v) is 2.10. The Bertz CT molecular complexity index is 749. The molecule has 2 amide bonds. The van der Waals surface area contributed by atoms with Crippen molar-refractivity contribution in [2.75, 3.05) is 12.4 Å². The van der Waals surface area contributed by atoms with Crippen LogP contribution in [0.4, 0.5) is 10.5 Å². The van der Waals surface area contributed by atoms with Gasteiger partial charge in [-0.2, -0.15) is 0 Å². The summed E-state index contributed by atoms with van der Waals surface area (Å²) in [5.74, 6) is 0. The number of nitrogens with one attached hydrogen (secondary N) is 2. The highest BCUT2D eigenvalue weighted by atomic mass is 16.2. The molecule has 5 nitrogen and oxygen atoms in total. The molecule has 0 saturated carbocycles. The minimum absolute atomic E-state index is 0.264. The minimum Gasteiger partial charge on any atom is -0.341 e. The normalized spacial score (nSPS) is 10.4. The second-order valence-electron chi connectivity index (χ2n) is 4.37. The van der Waals surface area contributed by atoms with Crippen molar-refractivity contribution in [3.63, 3.8) is 0 Å². The number of amides is 2. The molecule has 2 N–H and O–H groups in total. The topological polar surface area (TPSA) is 58.4 Å². The Balaban J connectivity index is 2.13. The molecule has 3 aromatic rings. The molecule has 0 radical (unpaired) electrons. The molecule has 2 aromatic heterocycles. The lowest BCUT2D eigenvalue weighted by atomic mass is 10.1. The van der Waals surface area contributed by atoms with E-state index in [1.54, 1.807) is 13.2 Å². The number of rotatable bonds is 2. The number of hydrogen-bond acceptors (Lipinski definition) is 2. The molecular weight excluding hydrogens is 252 g/mol. The molecular formula is C15H14N4O. The van der Waals surface area contributed by atoms with Crippen LogP contribution in [0.3, 0.4) is 0 Å². The maximum Gasteiger partial charge on any atom is 0.319 e. The molecule has 0 bridgehead atoms. The molecule has 0 atom stereocenters. The van der Waals surface area contributed by atoms with Crippen molar-refractivity contribution in [1.82, 2.24) is 14.7 Å². The van der Waals surface area contributed by atoms with Crippen molar-refractivity contribution in [3.8, 4) is 11.1 Å². The van der Waals surface area contributed by atoms with Crippen LogP contribution in [0.5, 0.6) is 0 Å². The maximum absolute atomic E-state index is 11.5. The predicted octanol–water partition coefficient (Wildman–Crippen LogP) is 2.75. The summed E-state index contributed by atoms with van der Waals surface area (Å²) in [5.41, 5.74) is 3.49. The first-order valence-electron chi connectivity index (χ1n) is 6.29. The van der Waals surface area contributed by atoms with Crippen molar-refractivity contribution in [3.05, 3.63) is 55.0 Å². The first kappa shape index (κ1) is 12.2. The van der Waals surface area contributed by atoms with E-state index in [9.17, 15) is 4.79 Å². The van der Waals surface area contributed by atoms with Crippen LogP contribution < -0.4 is 10.6 Å². The number of anilines is 1. The molecule has 0 aliphatic heterocycles. The van der Waals surface area contributed by atoms with Crippen LogP contribution in [0, 0.1) is 0 Å². The van der Waals surface area contributed by atoms with E-state index in [0.29, 0.717) is 11.3 Å². The Morgan fingerprint density at radius 3 is 2.75 bits per heavy atom. The summed E-state index contributed by atoms with van der Waals surface area (Å²) in [4.78, 5) is 15.8. The highest BCUT2D eigenvalue weighted by Gasteiger charge is 2.09. The number of urea groups is 1. The third-order valence-corrected chi connectivity index (χ3v) is 3.07. The molecule has 0 saturated heterocycles. The van der Waals surface area contributed by atoms with E-state index in [1.165, 1.54) is 0 Å². The highest BCUT2D eigenvalue weighted by molar-refractivity contribution is 5.94. The quantitative estimate of drug-likeness (QED) is 0.749. The Morgan fingerprint density at radius 2 is 2.00 bits per heavy atom. The first-order chi connectivity index (χ1) is 9.78. The van der Waals surface area contributed by atoms with Crippen molar-refractivity contribution >= 4 is 17.4 Å². The van der Waals surface area contributed by atoms with Crippen LogP contribution in [-0.2, 0) is 0 Å². The van der Waals surface area contributed by atoms with Gasteiger partial charge in [-0.25, -0.2) is 9.78 Å². The standard InChI is InChI=1S/C15H14N4O/c1-16-15(20)18-13-9-12(11-5-3-2-4-6-11)10-19-8-7-17-14(13)19/h2-10H,1H3,(H2,16,18,20). The molecule has 3 rings (SSSR count). The van der Waals surface area contributed by atoms with Gasteiger partial charge in [0.1, 0.15) is 0 Å². The SMILES string of the molecule is CNC(=O)Nc1cc(-c2ccccc2)cn2ccnc12. The zero-order valence-corrected chi connectivity index (χ0v) is 11.0. The van der Waals surface area contributed by atoms with Gasteiger partial charge in [0.25, 0.3) is 0 Å². The van der Waals surface area contributed by atoms with Crippen LogP contribution in [0.25, 0.3) is 16.8 Å². The van der Waals surface area contributed by atoms with Gasteiger partial charge in [0.2, 0.25) is 0 Å². The monoisotopic (exact) mass is 266 g/mol. The van der Waals surface area contributed by atoms with Crippen LogP contribution in [0.1, 0.15) is 0 Å². The van der Waals surface area contributed by atoms with Gasteiger partial charge in [-0.3, -0.25) is 0 Å². The summed E-state index contributed by atoms with van der Waals surface area (Å²) in [5, 5.41) is 5.34. The van der Waals surface area contributed by atoms with Gasteiger partial charge < -0.3 is 15.0 Å². The van der Waals surface area contributed by atoms with E-state index in [0.717, 1.165) is 11.1 Å². The Morgan fingerprint density at radius 1 is 1.20 bits per heavy atom. The van der Waals surface area contributed by atoms with Crippen LogP contribution >= 0.6 is 0 Å². The number of carbonyl (C=O) groups excluding carboxylic acids is 1. The number of benzene rings is 1. The number of nitrogens with zero attached hydrogens (tertiary/aromatic N) is 2. The molecule has 0 aliphatic carbocycles. The van der Waals surface area contributed by atoms with E-state index >= 15 is 0 Å². The Hall–Kier alpha value is -2.82. The number of imidazole rings is 1. The molecule has 2 heterocycles. The number of hydrogen-bond donors (Lipinski definition) is 2. The average molecular weight is 266 g/mol. The van der Waals surface area contributed by atoms with Crippen LogP contribution in [-0.4, -0.2) is 22.5 Å². The molecule has 0 aliphatic rings. The van der Waals surface area contributed by atoms with E-state index < -0.39 is 0 Å². The lowest BCUT2D eigenvalue weighted by molar-refractivity contribution is 0.254. The summed E-state index contributed by atoms with van der Waals surface area (Å²) in [6, 6.07) is 11.7. The fraction of sp³-hybridized carbons (Fsp3) is 0.0667.